The van der Waals surface area contributed by atoms with Gasteiger partial charge in [0.25, 0.3) is 5.91 Å². The van der Waals surface area contributed by atoms with Crippen molar-refractivity contribution in [3.8, 4) is 0 Å². The van der Waals surface area contributed by atoms with E-state index in [1.165, 1.54) is 19.3 Å². The SMILES string of the molecule is NC(=NC1CCCCC1)NC(=O)c1ccccc1. The fraction of sp³-hybridized carbons (Fsp3) is 0.429. The van der Waals surface area contributed by atoms with E-state index < -0.39 is 0 Å². The van der Waals surface area contributed by atoms with Gasteiger partial charge in [0.05, 0.1) is 6.04 Å². The predicted molar refractivity (Wildman–Crippen MR) is 72.4 cm³/mol. The summed E-state index contributed by atoms with van der Waals surface area (Å²) in [7, 11) is 0. The third-order valence-electron chi connectivity index (χ3n) is 3.17. The number of carbonyl (C=O) groups excluding carboxylic acids is 1. The maximum Gasteiger partial charge on any atom is 0.257 e. The Morgan fingerprint density at radius 3 is 2.50 bits per heavy atom. The maximum atomic E-state index is 11.8. The molecule has 1 fully saturated rings. The van der Waals surface area contributed by atoms with E-state index in [0.717, 1.165) is 12.8 Å². The van der Waals surface area contributed by atoms with Gasteiger partial charge in [-0.2, -0.15) is 0 Å². The van der Waals surface area contributed by atoms with Gasteiger partial charge in [-0.05, 0) is 25.0 Å². The average molecular weight is 245 g/mol. The quantitative estimate of drug-likeness (QED) is 0.618. The van der Waals surface area contributed by atoms with Gasteiger partial charge in [-0.15, -0.1) is 0 Å². The van der Waals surface area contributed by atoms with Crippen LogP contribution in [0.3, 0.4) is 0 Å². The first-order valence-electron chi connectivity index (χ1n) is 6.45. The number of guanidine groups is 1. The van der Waals surface area contributed by atoms with Gasteiger partial charge in [-0.3, -0.25) is 10.1 Å². The lowest BCUT2D eigenvalue weighted by molar-refractivity contribution is 0.0976. The van der Waals surface area contributed by atoms with Gasteiger partial charge in [-0.1, -0.05) is 37.5 Å². The molecule has 0 unspecified atom stereocenters. The molecule has 1 amide bonds. The largest absolute Gasteiger partial charge is 0.370 e. The molecule has 4 nitrogen and oxygen atoms in total. The van der Waals surface area contributed by atoms with Gasteiger partial charge in [0.15, 0.2) is 5.96 Å². The smallest absolute Gasteiger partial charge is 0.257 e. The molecule has 1 aliphatic rings. The molecule has 0 bridgehead atoms. The molecule has 0 atom stereocenters. The van der Waals surface area contributed by atoms with Crippen molar-refractivity contribution in [2.45, 2.75) is 38.1 Å². The number of nitrogens with zero attached hydrogens (tertiary/aromatic N) is 1. The summed E-state index contributed by atoms with van der Waals surface area (Å²) in [5.74, 6) is 0.0309. The number of benzene rings is 1. The van der Waals surface area contributed by atoms with E-state index in [4.69, 9.17) is 5.73 Å². The molecule has 3 N–H and O–H groups in total. The summed E-state index contributed by atoms with van der Waals surface area (Å²) in [6, 6.07) is 9.30. The van der Waals surface area contributed by atoms with Crippen molar-refractivity contribution in [3.05, 3.63) is 35.9 Å². The van der Waals surface area contributed by atoms with Crippen LogP contribution >= 0.6 is 0 Å². The Balaban J connectivity index is 1.92. The van der Waals surface area contributed by atoms with Crippen LogP contribution in [0.15, 0.2) is 35.3 Å². The third-order valence-corrected chi connectivity index (χ3v) is 3.17. The van der Waals surface area contributed by atoms with Gasteiger partial charge in [0.1, 0.15) is 0 Å². The summed E-state index contributed by atoms with van der Waals surface area (Å²) in [5.41, 5.74) is 6.36. The predicted octanol–water partition coefficient (Wildman–Crippen LogP) is 2.06. The van der Waals surface area contributed by atoms with Crippen molar-refractivity contribution in [1.29, 1.82) is 0 Å². The average Bonchev–Trinajstić information content (AvgIpc) is 2.40. The first-order chi connectivity index (χ1) is 8.75. The number of aliphatic imine (C=N–C) groups is 1. The molecule has 0 aliphatic heterocycles. The molecule has 1 aliphatic carbocycles. The highest BCUT2D eigenvalue weighted by Gasteiger charge is 2.13. The Labute approximate surface area is 107 Å². The molecule has 2 rings (SSSR count). The number of nitrogens with two attached hydrogens (primary N) is 1. The molecule has 96 valence electrons. The summed E-state index contributed by atoms with van der Waals surface area (Å²) in [6.07, 6.45) is 5.83. The molecule has 1 aromatic rings. The first kappa shape index (κ1) is 12.6. The Bertz CT molecular complexity index is 422. The topological polar surface area (TPSA) is 67.5 Å². The number of amides is 1. The summed E-state index contributed by atoms with van der Waals surface area (Å²) in [6.45, 7) is 0. The number of carbonyl (C=O) groups is 1. The minimum atomic E-state index is -0.201. The second kappa shape index (κ2) is 6.19. The molecule has 1 saturated carbocycles. The van der Waals surface area contributed by atoms with Crippen LogP contribution in [0.5, 0.6) is 0 Å². The fourth-order valence-electron chi connectivity index (χ4n) is 2.22. The normalized spacial score (nSPS) is 17.4. The maximum absolute atomic E-state index is 11.8. The van der Waals surface area contributed by atoms with Crippen LogP contribution in [-0.2, 0) is 0 Å². The van der Waals surface area contributed by atoms with Crippen molar-refractivity contribution in [2.24, 2.45) is 10.7 Å². The van der Waals surface area contributed by atoms with Gasteiger partial charge in [0, 0.05) is 5.56 Å². The lowest BCUT2D eigenvalue weighted by Crippen LogP contribution is -2.38. The summed E-state index contributed by atoms with van der Waals surface area (Å²) in [5, 5.41) is 2.63. The zero-order valence-corrected chi connectivity index (χ0v) is 10.4. The second-order valence-electron chi connectivity index (χ2n) is 4.63. The highest BCUT2D eigenvalue weighted by Crippen LogP contribution is 2.19. The fourth-order valence-corrected chi connectivity index (χ4v) is 2.22. The van der Waals surface area contributed by atoms with E-state index in [9.17, 15) is 4.79 Å². The zero-order chi connectivity index (χ0) is 12.8. The van der Waals surface area contributed by atoms with E-state index in [-0.39, 0.29) is 17.9 Å². The van der Waals surface area contributed by atoms with Crippen molar-refractivity contribution in [3.63, 3.8) is 0 Å². The lowest BCUT2D eigenvalue weighted by atomic mass is 9.96. The standard InChI is InChI=1S/C14H19N3O/c15-14(16-12-9-5-2-6-10-12)17-13(18)11-7-3-1-4-8-11/h1,3-4,7-8,12H,2,5-6,9-10H2,(H3,15,16,17,18). The number of hydrogen-bond acceptors (Lipinski definition) is 2. The Hall–Kier alpha value is -1.84. The van der Waals surface area contributed by atoms with E-state index in [1.807, 2.05) is 18.2 Å². The summed E-state index contributed by atoms with van der Waals surface area (Å²) >= 11 is 0. The number of hydrogen-bond donors (Lipinski definition) is 2. The van der Waals surface area contributed by atoms with Gasteiger partial charge in [-0.25, -0.2) is 4.99 Å². The molecule has 0 heterocycles. The molecule has 0 saturated heterocycles. The van der Waals surface area contributed by atoms with Gasteiger partial charge < -0.3 is 5.73 Å². The highest BCUT2D eigenvalue weighted by atomic mass is 16.1. The molecule has 0 radical (unpaired) electrons. The van der Waals surface area contributed by atoms with Crippen molar-refractivity contribution >= 4 is 11.9 Å². The van der Waals surface area contributed by atoms with E-state index >= 15 is 0 Å². The van der Waals surface area contributed by atoms with Crippen molar-refractivity contribution in [1.82, 2.24) is 5.32 Å². The van der Waals surface area contributed by atoms with Gasteiger partial charge in [0.2, 0.25) is 0 Å². The van der Waals surface area contributed by atoms with E-state index in [2.05, 4.69) is 10.3 Å². The first-order valence-corrected chi connectivity index (χ1v) is 6.45. The number of nitrogens with one attached hydrogen (secondary N) is 1. The minimum absolute atomic E-state index is 0.201. The van der Waals surface area contributed by atoms with Crippen LogP contribution in [-0.4, -0.2) is 17.9 Å². The van der Waals surface area contributed by atoms with E-state index in [0.29, 0.717) is 5.56 Å². The Morgan fingerprint density at radius 2 is 1.83 bits per heavy atom. The van der Waals surface area contributed by atoms with Crippen LogP contribution in [0, 0.1) is 0 Å². The summed E-state index contributed by atoms with van der Waals surface area (Å²) < 4.78 is 0. The van der Waals surface area contributed by atoms with Gasteiger partial charge >= 0.3 is 0 Å². The number of rotatable bonds is 2. The zero-order valence-electron chi connectivity index (χ0n) is 10.4. The molecule has 18 heavy (non-hydrogen) atoms. The van der Waals surface area contributed by atoms with Crippen LogP contribution in [0.2, 0.25) is 0 Å². The van der Waals surface area contributed by atoms with Crippen LogP contribution < -0.4 is 11.1 Å². The van der Waals surface area contributed by atoms with Crippen molar-refractivity contribution < 1.29 is 4.79 Å². The molecular formula is C14H19N3O. The minimum Gasteiger partial charge on any atom is -0.370 e. The van der Waals surface area contributed by atoms with Crippen LogP contribution in [0.4, 0.5) is 0 Å². The summed E-state index contributed by atoms with van der Waals surface area (Å²) in [4.78, 5) is 16.2. The molecule has 4 heteroatoms. The van der Waals surface area contributed by atoms with Crippen molar-refractivity contribution in [2.75, 3.05) is 0 Å². The van der Waals surface area contributed by atoms with Crippen LogP contribution in [0.1, 0.15) is 42.5 Å². The second-order valence-corrected chi connectivity index (χ2v) is 4.63. The lowest BCUT2D eigenvalue weighted by Gasteiger charge is -2.18. The monoisotopic (exact) mass is 245 g/mol. The molecular weight excluding hydrogens is 226 g/mol. The molecule has 0 aromatic heterocycles. The van der Waals surface area contributed by atoms with Crippen LogP contribution in [0.25, 0.3) is 0 Å². The Kier molecular flexibility index (Phi) is 4.34. The highest BCUT2D eigenvalue weighted by molar-refractivity contribution is 6.05. The third kappa shape index (κ3) is 3.58. The molecule has 1 aromatic carbocycles. The van der Waals surface area contributed by atoms with E-state index in [1.54, 1.807) is 12.1 Å². The Morgan fingerprint density at radius 1 is 1.17 bits per heavy atom. The molecule has 0 spiro atoms.